The van der Waals surface area contributed by atoms with Crippen LogP contribution in [0.2, 0.25) is 0 Å². The lowest BCUT2D eigenvalue weighted by molar-refractivity contribution is -0.130. The second kappa shape index (κ2) is 7.90. The molecule has 7 heteroatoms. The Morgan fingerprint density at radius 1 is 1.29 bits per heavy atom. The van der Waals surface area contributed by atoms with Crippen LogP contribution in [-0.2, 0) is 21.3 Å². The first kappa shape index (κ1) is 18.3. The molecule has 3 aromatic rings. The molecule has 1 fully saturated rings. The molecule has 1 amide bonds. The topological polar surface area (TPSA) is 82.7 Å². The Bertz CT molecular complexity index is 969. The predicted molar refractivity (Wildman–Crippen MR) is 102 cm³/mol. The minimum absolute atomic E-state index is 0.0101. The third-order valence-corrected chi connectivity index (χ3v) is 4.97. The van der Waals surface area contributed by atoms with Crippen LogP contribution in [0.4, 0.5) is 0 Å². The number of carbonyl (C=O) groups is 2. The van der Waals surface area contributed by atoms with Crippen molar-refractivity contribution >= 4 is 23.0 Å². The van der Waals surface area contributed by atoms with Crippen LogP contribution >= 0.6 is 0 Å². The fourth-order valence-electron chi connectivity index (χ4n) is 3.43. The lowest BCUT2D eigenvalue weighted by atomic mass is 10.1. The summed E-state index contributed by atoms with van der Waals surface area (Å²) in [7, 11) is 1.75. The van der Waals surface area contributed by atoms with Crippen LogP contribution in [0.1, 0.15) is 35.0 Å². The van der Waals surface area contributed by atoms with Crippen LogP contribution in [0, 0.1) is 0 Å². The van der Waals surface area contributed by atoms with Crippen molar-refractivity contribution < 1.29 is 23.5 Å². The van der Waals surface area contributed by atoms with Crippen molar-refractivity contribution in [2.75, 3.05) is 13.2 Å². The number of nitrogens with one attached hydrogen (secondary N) is 1. The van der Waals surface area contributed by atoms with Crippen LogP contribution < -0.4 is 5.32 Å². The molecule has 0 unspecified atom stereocenters. The first-order valence-electron chi connectivity index (χ1n) is 9.31. The molecule has 1 aromatic carbocycles. The quantitative estimate of drug-likeness (QED) is 0.663. The number of hydrogen-bond acceptors (Lipinski definition) is 5. The summed E-state index contributed by atoms with van der Waals surface area (Å²) in [5.41, 5.74) is 2.31. The molecule has 1 aliphatic heterocycles. The lowest BCUT2D eigenvalue weighted by Crippen LogP contribution is -2.37. The van der Waals surface area contributed by atoms with E-state index >= 15 is 0 Å². The first-order valence-corrected chi connectivity index (χ1v) is 9.31. The molecule has 2 aromatic heterocycles. The minimum Gasteiger partial charge on any atom is -0.463 e. The standard InChI is InChI=1S/C21H22N2O5/c1-23-16-9-11-27-18(16)12-17(23)21(25)28-19(14-6-3-2-4-7-14)20(24)22-13-15-8-5-10-26-15/h2-4,6-7,9,11-12,15,19H,5,8,10,13H2,1H3,(H,22,24)/t15-,19+/m1/s1. The normalized spacial score (nSPS) is 17.5. The highest BCUT2D eigenvalue weighted by Crippen LogP contribution is 2.24. The van der Waals surface area contributed by atoms with Crippen LogP contribution in [0.3, 0.4) is 0 Å². The van der Waals surface area contributed by atoms with E-state index in [0.717, 1.165) is 18.4 Å². The number of hydrogen-bond donors (Lipinski definition) is 1. The summed E-state index contributed by atoms with van der Waals surface area (Å²) in [6, 6.07) is 12.4. The van der Waals surface area contributed by atoms with Crippen LogP contribution in [0.15, 0.2) is 53.1 Å². The molecule has 3 heterocycles. The number of esters is 1. The van der Waals surface area contributed by atoms with Gasteiger partial charge in [-0.2, -0.15) is 0 Å². The van der Waals surface area contributed by atoms with Crippen molar-refractivity contribution in [2.24, 2.45) is 7.05 Å². The molecule has 146 valence electrons. The number of ether oxygens (including phenoxy) is 2. The molecule has 0 aliphatic carbocycles. The molecule has 2 atom stereocenters. The molecule has 0 radical (unpaired) electrons. The van der Waals surface area contributed by atoms with Gasteiger partial charge in [0.25, 0.3) is 5.91 Å². The second-order valence-corrected chi connectivity index (χ2v) is 6.83. The van der Waals surface area contributed by atoms with Gasteiger partial charge in [0.05, 0.1) is 17.9 Å². The van der Waals surface area contributed by atoms with Crippen molar-refractivity contribution in [1.82, 2.24) is 9.88 Å². The van der Waals surface area contributed by atoms with Gasteiger partial charge in [-0.25, -0.2) is 4.79 Å². The van der Waals surface area contributed by atoms with E-state index in [1.165, 1.54) is 0 Å². The summed E-state index contributed by atoms with van der Waals surface area (Å²) in [4.78, 5) is 25.6. The Balaban J connectivity index is 1.52. The lowest BCUT2D eigenvalue weighted by Gasteiger charge is -2.19. The zero-order valence-corrected chi connectivity index (χ0v) is 15.6. The highest BCUT2D eigenvalue weighted by molar-refractivity contribution is 5.95. The van der Waals surface area contributed by atoms with E-state index in [2.05, 4.69) is 5.32 Å². The Hall–Kier alpha value is -3.06. The molecular weight excluding hydrogens is 360 g/mol. The summed E-state index contributed by atoms with van der Waals surface area (Å²) in [5, 5.41) is 2.85. The molecule has 4 rings (SSSR count). The van der Waals surface area contributed by atoms with Crippen molar-refractivity contribution in [2.45, 2.75) is 25.0 Å². The number of aryl methyl sites for hydroxylation is 1. The Morgan fingerprint density at radius 3 is 2.82 bits per heavy atom. The fourth-order valence-corrected chi connectivity index (χ4v) is 3.43. The number of fused-ring (bicyclic) bond motifs is 1. The van der Waals surface area contributed by atoms with E-state index in [1.807, 2.05) is 6.07 Å². The SMILES string of the molecule is Cn1c(C(=O)O[C@H](C(=O)NC[C@H]2CCCO2)c2ccccc2)cc2occc21. The van der Waals surface area contributed by atoms with E-state index in [-0.39, 0.29) is 12.0 Å². The van der Waals surface area contributed by atoms with Gasteiger partial charge in [0.2, 0.25) is 6.10 Å². The van der Waals surface area contributed by atoms with Crippen LogP contribution in [0.5, 0.6) is 0 Å². The van der Waals surface area contributed by atoms with Crippen LogP contribution in [-0.4, -0.2) is 35.7 Å². The molecule has 1 saturated heterocycles. The number of rotatable bonds is 6. The van der Waals surface area contributed by atoms with Gasteiger partial charge in [-0.1, -0.05) is 30.3 Å². The summed E-state index contributed by atoms with van der Waals surface area (Å²) < 4.78 is 18.2. The fraction of sp³-hybridized carbons (Fsp3) is 0.333. The monoisotopic (exact) mass is 382 g/mol. The highest BCUT2D eigenvalue weighted by Gasteiger charge is 2.28. The average molecular weight is 382 g/mol. The Kier molecular flexibility index (Phi) is 5.16. The molecule has 1 N–H and O–H groups in total. The van der Waals surface area contributed by atoms with Crippen molar-refractivity contribution in [3.63, 3.8) is 0 Å². The molecule has 28 heavy (non-hydrogen) atoms. The van der Waals surface area contributed by atoms with Gasteiger partial charge >= 0.3 is 5.97 Å². The number of carbonyl (C=O) groups excluding carboxylic acids is 2. The largest absolute Gasteiger partial charge is 0.463 e. The van der Waals surface area contributed by atoms with E-state index < -0.39 is 12.1 Å². The highest BCUT2D eigenvalue weighted by atomic mass is 16.5. The first-order chi connectivity index (χ1) is 13.6. The molecule has 0 saturated carbocycles. The maximum atomic E-state index is 12.8. The Morgan fingerprint density at radius 2 is 2.11 bits per heavy atom. The minimum atomic E-state index is -1.05. The summed E-state index contributed by atoms with van der Waals surface area (Å²) in [6.45, 7) is 1.11. The van der Waals surface area contributed by atoms with Gasteiger partial charge in [-0.15, -0.1) is 0 Å². The molecular formula is C21H22N2O5. The zero-order valence-electron chi connectivity index (χ0n) is 15.6. The maximum Gasteiger partial charge on any atom is 0.356 e. The number of benzene rings is 1. The van der Waals surface area contributed by atoms with E-state index in [9.17, 15) is 9.59 Å². The third kappa shape index (κ3) is 3.66. The number of furan rings is 1. The second-order valence-electron chi connectivity index (χ2n) is 6.83. The number of nitrogens with zero attached hydrogens (tertiary/aromatic N) is 1. The van der Waals surface area contributed by atoms with Gasteiger partial charge in [-0.3, -0.25) is 4.79 Å². The average Bonchev–Trinajstić information content (AvgIpc) is 3.44. The molecule has 1 aliphatic rings. The van der Waals surface area contributed by atoms with E-state index in [4.69, 9.17) is 13.9 Å². The maximum absolute atomic E-state index is 12.8. The van der Waals surface area contributed by atoms with E-state index in [0.29, 0.717) is 30.0 Å². The van der Waals surface area contributed by atoms with Crippen LogP contribution in [0.25, 0.3) is 11.1 Å². The number of aromatic nitrogens is 1. The van der Waals surface area contributed by atoms with Gasteiger partial charge in [0.1, 0.15) is 5.69 Å². The molecule has 0 spiro atoms. The van der Waals surface area contributed by atoms with Gasteiger partial charge in [-0.05, 0) is 12.8 Å². The van der Waals surface area contributed by atoms with Gasteiger partial charge in [0, 0.05) is 37.9 Å². The number of amides is 1. The third-order valence-electron chi connectivity index (χ3n) is 4.97. The van der Waals surface area contributed by atoms with Gasteiger partial charge in [0.15, 0.2) is 5.58 Å². The Labute approximate surface area is 162 Å². The summed E-state index contributed by atoms with van der Waals surface area (Å²) >= 11 is 0. The molecule has 0 bridgehead atoms. The van der Waals surface area contributed by atoms with E-state index in [1.54, 1.807) is 54.3 Å². The summed E-state index contributed by atoms with van der Waals surface area (Å²) in [6.07, 6.45) is 2.43. The smallest absolute Gasteiger partial charge is 0.356 e. The predicted octanol–water partition coefficient (Wildman–Crippen LogP) is 2.96. The van der Waals surface area contributed by atoms with Crippen molar-refractivity contribution in [1.29, 1.82) is 0 Å². The molecule has 7 nitrogen and oxygen atoms in total. The summed E-state index contributed by atoms with van der Waals surface area (Å²) in [5.74, 6) is -0.956. The van der Waals surface area contributed by atoms with Gasteiger partial charge < -0.3 is 23.8 Å². The van der Waals surface area contributed by atoms with Crippen molar-refractivity contribution in [3.05, 3.63) is 60.0 Å². The van der Waals surface area contributed by atoms with Crippen molar-refractivity contribution in [3.8, 4) is 0 Å². The zero-order chi connectivity index (χ0) is 19.5.